The molecular formula is C16H14FNO4. The molecule has 0 aliphatic carbocycles. The van der Waals surface area contributed by atoms with Crippen molar-refractivity contribution in [1.29, 1.82) is 0 Å². The second kappa shape index (κ2) is 5.55. The van der Waals surface area contributed by atoms with Gasteiger partial charge in [0.15, 0.2) is 11.5 Å². The molecule has 1 N–H and O–H groups in total. The Morgan fingerprint density at radius 1 is 1.14 bits per heavy atom. The zero-order valence-corrected chi connectivity index (χ0v) is 12.1. The maximum Gasteiger partial charge on any atom is 0.344 e. The Kier molecular flexibility index (Phi) is 3.58. The summed E-state index contributed by atoms with van der Waals surface area (Å²) in [6.07, 6.45) is -0.779. The van der Waals surface area contributed by atoms with Gasteiger partial charge in [-0.15, -0.1) is 0 Å². The summed E-state index contributed by atoms with van der Waals surface area (Å²) < 4.78 is 29.4. The monoisotopic (exact) mass is 303 g/mol. The molecule has 2 aromatic rings. The van der Waals surface area contributed by atoms with Gasteiger partial charge in [-0.1, -0.05) is 12.1 Å². The van der Waals surface area contributed by atoms with Crippen molar-refractivity contribution in [1.82, 2.24) is 0 Å². The summed E-state index contributed by atoms with van der Waals surface area (Å²) in [5.74, 6) is -0.223. The quantitative estimate of drug-likeness (QED) is 0.879. The van der Waals surface area contributed by atoms with Crippen LogP contribution in [0.1, 0.15) is 22.1 Å². The smallest absolute Gasteiger partial charge is 0.344 e. The van der Waals surface area contributed by atoms with Crippen LogP contribution in [0.15, 0.2) is 36.4 Å². The maximum atomic E-state index is 13.7. The fourth-order valence-corrected chi connectivity index (χ4v) is 2.43. The summed E-state index contributed by atoms with van der Waals surface area (Å²) in [5, 5.41) is 2.87. The van der Waals surface area contributed by atoms with Gasteiger partial charge in [0.05, 0.1) is 19.9 Å². The van der Waals surface area contributed by atoms with Crippen molar-refractivity contribution >= 4 is 11.7 Å². The van der Waals surface area contributed by atoms with E-state index in [0.29, 0.717) is 17.1 Å². The molecule has 0 spiro atoms. The summed E-state index contributed by atoms with van der Waals surface area (Å²) in [6.45, 7) is 0. The molecule has 2 aromatic carbocycles. The standard InChI is InChI=1S/C16H14FNO4/c1-20-12-8-7-9-13(14(12)21-2)16(19)22-15(9)18-11-6-4-3-5-10(11)17/h3-8,15,18H,1-2H3/t15-/m0/s1. The van der Waals surface area contributed by atoms with Gasteiger partial charge in [-0.3, -0.25) is 0 Å². The number of anilines is 1. The van der Waals surface area contributed by atoms with Crippen LogP contribution in [0.5, 0.6) is 11.5 Å². The van der Waals surface area contributed by atoms with E-state index in [1.165, 1.54) is 20.3 Å². The number of para-hydroxylation sites is 1. The highest BCUT2D eigenvalue weighted by Crippen LogP contribution is 2.42. The normalized spacial score (nSPS) is 16.0. The zero-order chi connectivity index (χ0) is 15.7. The topological polar surface area (TPSA) is 56.8 Å². The summed E-state index contributed by atoms with van der Waals surface area (Å²) in [4.78, 5) is 12.1. The van der Waals surface area contributed by atoms with Crippen LogP contribution in [0, 0.1) is 5.82 Å². The minimum absolute atomic E-state index is 0.253. The summed E-state index contributed by atoms with van der Waals surface area (Å²) in [5.41, 5.74) is 1.12. The Bertz CT molecular complexity index is 732. The number of nitrogens with one attached hydrogen (secondary N) is 1. The molecule has 0 saturated heterocycles. The number of rotatable bonds is 4. The molecule has 3 rings (SSSR count). The molecule has 22 heavy (non-hydrogen) atoms. The van der Waals surface area contributed by atoms with Gasteiger partial charge in [-0.25, -0.2) is 9.18 Å². The summed E-state index contributed by atoms with van der Waals surface area (Å²) in [7, 11) is 2.93. The van der Waals surface area contributed by atoms with Gasteiger partial charge in [0, 0.05) is 5.56 Å². The predicted molar refractivity (Wildman–Crippen MR) is 77.7 cm³/mol. The van der Waals surface area contributed by atoms with Crippen LogP contribution < -0.4 is 14.8 Å². The highest BCUT2D eigenvalue weighted by molar-refractivity contribution is 5.98. The second-order valence-electron chi connectivity index (χ2n) is 4.67. The van der Waals surface area contributed by atoms with Crippen LogP contribution in [-0.2, 0) is 4.74 Å². The number of hydrogen-bond acceptors (Lipinski definition) is 5. The number of ether oxygens (including phenoxy) is 3. The molecule has 5 nitrogen and oxygen atoms in total. The highest BCUT2D eigenvalue weighted by Gasteiger charge is 2.36. The molecule has 1 atom stereocenters. The number of esters is 1. The third-order valence-electron chi connectivity index (χ3n) is 3.45. The van der Waals surface area contributed by atoms with Crippen molar-refractivity contribution in [3.8, 4) is 11.5 Å². The Labute approximate surface area is 126 Å². The Balaban J connectivity index is 2.00. The van der Waals surface area contributed by atoms with Gasteiger partial charge in [-0.2, -0.15) is 0 Å². The van der Waals surface area contributed by atoms with E-state index in [1.54, 1.807) is 30.3 Å². The molecule has 0 bridgehead atoms. The minimum Gasteiger partial charge on any atom is -0.493 e. The fraction of sp³-hybridized carbons (Fsp3) is 0.188. The number of hydrogen-bond donors (Lipinski definition) is 1. The largest absolute Gasteiger partial charge is 0.493 e. The van der Waals surface area contributed by atoms with Crippen molar-refractivity contribution in [3.63, 3.8) is 0 Å². The SMILES string of the molecule is COc1ccc2c(c1OC)C(=O)O[C@@H]2Nc1ccccc1F. The first kappa shape index (κ1) is 14.2. The average Bonchev–Trinajstić information content (AvgIpc) is 2.85. The van der Waals surface area contributed by atoms with Gasteiger partial charge >= 0.3 is 5.97 Å². The lowest BCUT2D eigenvalue weighted by Crippen LogP contribution is -2.11. The van der Waals surface area contributed by atoms with E-state index in [-0.39, 0.29) is 11.3 Å². The Hall–Kier alpha value is -2.76. The van der Waals surface area contributed by atoms with Crippen LogP contribution >= 0.6 is 0 Å². The number of fused-ring (bicyclic) bond motifs is 1. The first-order chi connectivity index (χ1) is 10.7. The number of benzene rings is 2. The zero-order valence-electron chi connectivity index (χ0n) is 12.1. The molecule has 0 fully saturated rings. The molecule has 114 valence electrons. The van der Waals surface area contributed by atoms with E-state index in [2.05, 4.69) is 5.32 Å². The molecule has 1 heterocycles. The Morgan fingerprint density at radius 3 is 2.59 bits per heavy atom. The summed E-state index contributed by atoms with van der Waals surface area (Å²) >= 11 is 0. The van der Waals surface area contributed by atoms with Crippen LogP contribution in [0.2, 0.25) is 0 Å². The van der Waals surface area contributed by atoms with Gasteiger partial charge in [0.2, 0.25) is 6.23 Å². The van der Waals surface area contributed by atoms with E-state index >= 15 is 0 Å². The van der Waals surface area contributed by atoms with Crippen LogP contribution in [-0.4, -0.2) is 20.2 Å². The lowest BCUT2D eigenvalue weighted by Gasteiger charge is -2.15. The molecule has 0 aromatic heterocycles. The van der Waals surface area contributed by atoms with Crippen molar-refractivity contribution in [2.75, 3.05) is 19.5 Å². The van der Waals surface area contributed by atoms with Crippen molar-refractivity contribution in [3.05, 3.63) is 53.3 Å². The molecule has 0 radical (unpaired) electrons. The predicted octanol–water partition coefficient (Wildman–Crippen LogP) is 3.12. The van der Waals surface area contributed by atoms with Crippen LogP contribution in [0.4, 0.5) is 10.1 Å². The first-order valence-corrected chi connectivity index (χ1v) is 6.62. The van der Waals surface area contributed by atoms with Crippen LogP contribution in [0.3, 0.4) is 0 Å². The van der Waals surface area contributed by atoms with E-state index in [0.717, 1.165) is 0 Å². The van der Waals surface area contributed by atoms with Crippen molar-refractivity contribution < 1.29 is 23.4 Å². The van der Waals surface area contributed by atoms with Gasteiger partial charge in [0.25, 0.3) is 0 Å². The summed E-state index contributed by atoms with van der Waals surface area (Å²) in [6, 6.07) is 9.55. The maximum absolute atomic E-state index is 13.7. The molecular weight excluding hydrogens is 289 g/mol. The van der Waals surface area contributed by atoms with E-state index in [9.17, 15) is 9.18 Å². The van der Waals surface area contributed by atoms with E-state index in [1.807, 2.05) is 0 Å². The lowest BCUT2D eigenvalue weighted by molar-refractivity contribution is 0.0434. The van der Waals surface area contributed by atoms with Crippen LogP contribution in [0.25, 0.3) is 0 Å². The molecule has 1 aliphatic rings. The average molecular weight is 303 g/mol. The van der Waals surface area contributed by atoms with Gasteiger partial charge in [-0.05, 0) is 24.3 Å². The van der Waals surface area contributed by atoms with Crippen molar-refractivity contribution in [2.24, 2.45) is 0 Å². The van der Waals surface area contributed by atoms with E-state index < -0.39 is 18.0 Å². The molecule has 1 aliphatic heterocycles. The molecule has 0 unspecified atom stereocenters. The minimum atomic E-state index is -0.779. The second-order valence-corrected chi connectivity index (χ2v) is 4.67. The van der Waals surface area contributed by atoms with E-state index in [4.69, 9.17) is 14.2 Å². The Morgan fingerprint density at radius 2 is 1.91 bits per heavy atom. The fourth-order valence-electron chi connectivity index (χ4n) is 2.43. The molecule has 6 heteroatoms. The highest BCUT2D eigenvalue weighted by atomic mass is 19.1. The number of cyclic esters (lactones) is 1. The first-order valence-electron chi connectivity index (χ1n) is 6.62. The van der Waals surface area contributed by atoms with Crippen molar-refractivity contribution in [2.45, 2.75) is 6.23 Å². The number of methoxy groups -OCH3 is 2. The number of halogens is 1. The molecule has 0 saturated carbocycles. The third-order valence-corrected chi connectivity index (χ3v) is 3.45. The molecule has 0 amide bonds. The van der Waals surface area contributed by atoms with Gasteiger partial charge < -0.3 is 19.5 Å². The van der Waals surface area contributed by atoms with Gasteiger partial charge in [0.1, 0.15) is 11.4 Å². The number of carbonyl (C=O) groups is 1. The number of carbonyl (C=O) groups excluding carboxylic acids is 1. The third kappa shape index (κ3) is 2.22. The lowest BCUT2D eigenvalue weighted by atomic mass is 10.1.